The van der Waals surface area contributed by atoms with Crippen LogP contribution in [0.2, 0.25) is 5.15 Å². The Morgan fingerprint density at radius 2 is 1.89 bits per heavy atom. The number of anilines is 2. The van der Waals surface area contributed by atoms with E-state index in [1.165, 1.54) is 11.9 Å². The largest absolute Gasteiger partial charge is 0.329 e. The lowest BCUT2D eigenvalue weighted by Crippen LogP contribution is -2.14. The normalized spacial score (nSPS) is 10.2. The summed E-state index contributed by atoms with van der Waals surface area (Å²) in [7, 11) is 1.83. The van der Waals surface area contributed by atoms with Gasteiger partial charge in [-0.3, -0.25) is 4.79 Å². The number of rotatable bonds is 3. The van der Waals surface area contributed by atoms with E-state index in [-0.39, 0.29) is 5.15 Å². The lowest BCUT2D eigenvalue weighted by Gasteiger charge is -2.19. The molecule has 4 nitrogen and oxygen atoms in total. The summed E-state index contributed by atoms with van der Waals surface area (Å²) in [5, 5.41) is 0.161. The van der Waals surface area contributed by atoms with Crippen molar-refractivity contribution in [3.63, 3.8) is 0 Å². The van der Waals surface area contributed by atoms with Gasteiger partial charge in [-0.25, -0.2) is 9.97 Å². The summed E-state index contributed by atoms with van der Waals surface area (Å²) in [6.45, 7) is 2.02. The third-order valence-electron chi connectivity index (χ3n) is 2.67. The lowest BCUT2D eigenvalue weighted by atomic mass is 10.2. The maximum Gasteiger partial charge on any atom is 0.156 e. The molecule has 1 aromatic carbocycles. The average molecular weight is 262 g/mol. The first kappa shape index (κ1) is 12.5. The number of benzene rings is 1. The summed E-state index contributed by atoms with van der Waals surface area (Å²) in [5.41, 5.74) is 2.39. The van der Waals surface area contributed by atoms with Crippen molar-refractivity contribution < 1.29 is 4.79 Å². The Labute approximate surface area is 110 Å². The minimum absolute atomic E-state index is 0.161. The molecule has 0 fully saturated rings. The van der Waals surface area contributed by atoms with Crippen molar-refractivity contribution in [1.29, 1.82) is 0 Å². The van der Waals surface area contributed by atoms with E-state index in [9.17, 15) is 4.79 Å². The molecule has 18 heavy (non-hydrogen) atoms. The number of aryl methyl sites for hydroxylation is 1. The summed E-state index contributed by atoms with van der Waals surface area (Å²) < 4.78 is 0. The van der Waals surface area contributed by atoms with Gasteiger partial charge in [0.25, 0.3) is 0 Å². The van der Waals surface area contributed by atoms with Gasteiger partial charge in [-0.1, -0.05) is 29.3 Å². The Kier molecular flexibility index (Phi) is 3.58. The molecule has 92 valence electrons. The van der Waals surface area contributed by atoms with E-state index in [4.69, 9.17) is 11.6 Å². The molecule has 0 atom stereocenters. The second-order valence-corrected chi connectivity index (χ2v) is 4.27. The smallest absolute Gasteiger partial charge is 0.156 e. The molecule has 0 saturated carbocycles. The van der Waals surface area contributed by atoms with Crippen molar-refractivity contribution in [1.82, 2.24) is 9.97 Å². The van der Waals surface area contributed by atoms with Crippen molar-refractivity contribution in [2.75, 3.05) is 11.9 Å². The van der Waals surface area contributed by atoms with Crippen LogP contribution in [0.4, 0.5) is 11.5 Å². The Morgan fingerprint density at radius 1 is 1.22 bits per heavy atom. The Balaban J connectivity index is 2.45. The zero-order chi connectivity index (χ0) is 13.1. The van der Waals surface area contributed by atoms with Gasteiger partial charge in [0.05, 0.1) is 5.56 Å². The molecule has 0 amide bonds. The molecule has 0 aliphatic rings. The number of hydrogen-bond acceptors (Lipinski definition) is 4. The fourth-order valence-electron chi connectivity index (χ4n) is 1.62. The molecule has 5 heteroatoms. The Morgan fingerprint density at radius 3 is 2.50 bits per heavy atom. The molecule has 1 heterocycles. The van der Waals surface area contributed by atoms with E-state index in [0.717, 1.165) is 5.69 Å². The number of carbonyl (C=O) groups excluding carboxylic acids is 1. The topological polar surface area (TPSA) is 46.1 Å². The van der Waals surface area contributed by atoms with Gasteiger partial charge in [0.1, 0.15) is 17.3 Å². The van der Waals surface area contributed by atoms with E-state index in [1.54, 1.807) is 4.90 Å². The standard InChI is InChI=1S/C13H12ClN3O/c1-9-3-5-10(6-4-9)17(2)13-11(7-18)12(14)15-8-16-13/h3-8H,1-2H3. The van der Waals surface area contributed by atoms with Crippen molar-refractivity contribution in [2.45, 2.75) is 6.92 Å². The van der Waals surface area contributed by atoms with Gasteiger partial charge in [0.15, 0.2) is 6.29 Å². The lowest BCUT2D eigenvalue weighted by molar-refractivity contribution is 0.112. The molecule has 0 aliphatic carbocycles. The van der Waals surface area contributed by atoms with Crippen LogP contribution in [-0.4, -0.2) is 23.3 Å². The molecule has 1 aromatic heterocycles. The van der Waals surface area contributed by atoms with Crippen LogP contribution in [0.1, 0.15) is 15.9 Å². The number of nitrogens with zero attached hydrogens (tertiary/aromatic N) is 3. The summed E-state index contributed by atoms with van der Waals surface area (Å²) in [6, 6.07) is 7.91. The number of hydrogen-bond donors (Lipinski definition) is 0. The quantitative estimate of drug-likeness (QED) is 0.629. The second-order valence-electron chi connectivity index (χ2n) is 3.91. The minimum atomic E-state index is 0.161. The van der Waals surface area contributed by atoms with E-state index in [0.29, 0.717) is 17.7 Å². The van der Waals surface area contributed by atoms with Gasteiger partial charge < -0.3 is 4.90 Å². The van der Waals surface area contributed by atoms with Crippen LogP contribution in [0.3, 0.4) is 0 Å². The van der Waals surface area contributed by atoms with Crippen LogP contribution in [0, 0.1) is 6.92 Å². The van der Waals surface area contributed by atoms with Crippen LogP contribution >= 0.6 is 11.6 Å². The molecule has 0 bridgehead atoms. The van der Waals surface area contributed by atoms with Crippen LogP contribution in [0.5, 0.6) is 0 Å². The van der Waals surface area contributed by atoms with Gasteiger partial charge in [-0.05, 0) is 19.1 Å². The predicted octanol–water partition coefficient (Wildman–Crippen LogP) is 3.02. The fourth-order valence-corrected chi connectivity index (χ4v) is 1.80. The summed E-state index contributed by atoms with van der Waals surface area (Å²) >= 11 is 5.88. The van der Waals surface area contributed by atoms with E-state index in [1.807, 2.05) is 38.2 Å². The monoisotopic (exact) mass is 261 g/mol. The summed E-state index contributed by atoms with van der Waals surface area (Å²) in [4.78, 5) is 20.8. The molecule has 2 rings (SSSR count). The predicted molar refractivity (Wildman–Crippen MR) is 71.7 cm³/mol. The number of aldehydes is 1. The van der Waals surface area contributed by atoms with E-state index < -0.39 is 0 Å². The molecular formula is C13H12ClN3O. The maximum absolute atomic E-state index is 11.0. The molecule has 0 unspecified atom stereocenters. The first-order valence-corrected chi connectivity index (χ1v) is 5.77. The zero-order valence-corrected chi connectivity index (χ0v) is 10.8. The molecular weight excluding hydrogens is 250 g/mol. The van der Waals surface area contributed by atoms with Crippen molar-refractivity contribution in [3.8, 4) is 0 Å². The zero-order valence-electron chi connectivity index (χ0n) is 10.1. The highest BCUT2D eigenvalue weighted by Gasteiger charge is 2.14. The minimum Gasteiger partial charge on any atom is -0.329 e. The van der Waals surface area contributed by atoms with Crippen molar-refractivity contribution >= 4 is 29.4 Å². The molecule has 0 spiro atoms. The third kappa shape index (κ3) is 2.33. The highest BCUT2D eigenvalue weighted by molar-refractivity contribution is 6.32. The third-order valence-corrected chi connectivity index (χ3v) is 2.97. The van der Waals surface area contributed by atoms with Crippen LogP contribution < -0.4 is 4.90 Å². The SMILES string of the molecule is Cc1ccc(N(C)c2ncnc(Cl)c2C=O)cc1. The maximum atomic E-state index is 11.0. The summed E-state index contributed by atoms with van der Waals surface area (Å²) in [6.07, 6.45) is 2.01. The first-order chi connectivity index (χ1) is 8.63. The van der Waals surface area contributed by atoms with Gasteiger partial charge in [0, 0.05) is 12.7 Å². The van der Waals surface area contributed by atoms with Crippen LogP contribution in [-0.2, 0) is 0 Å². The number of halogens is 1. The van der Waals surface area contributed by atoms with Gasteiger partial charge in [0.2, 0.25) is 0 Å². The first-order valence-electron chi connectivity index (χ1n) is 5.39. The van der Waals surface area contributed by atoms with Gasteiger partial charge in [-0.15, -0.1) is 0 Å². The fraction of sp³-hybridized carbons (Fsp3) is 0.154. The molecule has 0 saturated heterocycles. The van der Waals surface area contributed by atoms with Gasteiger partial charge >= 0.3 is 0 Å². The number of carbonyl (C=O) groups is 1. The van der Waals surface area contributed by atoms with Crippen LogP contribution in [0.25, 0.3) is 0 Å². The van der Waals surface area contributed by atoms with Crippen LogP contribution in [0.15, 0.2) is 30.6 Å². The Hall–Kier alpha value is -1.94. The van der Waals surface area contributed by atoms with Gasteiger partial charge in [-0.2, -0.15) is 0 Å². The molecule has 2 aromatic rings. The van der Waals surface area contributed by atoms with E-state index in [2.05, 4.69) is 9.97 Å². The number of aromatic nitrogens is 2. The van der Waals surface area contributed by atoms with Crippen molar-refractivity contribution in [3.05, 3.63) is 46.9 Å². The Bertz CT molecular complexity index is 569. The highest BCUT2D eigenvalue weighted by atomic mass is 35.5. The molecule has 0 aliphatic heterocycles. The summed E-state index contributed by atoms with van der Waals surface area (Å²) in [5.74, 6) is 0.494. The highest BCUT2D eigenvalue weighted by Crippen LogP contribution is 2.26. The van der Waals surface area contributed by atoms with E-state index >= 15 is 0 Å². The average Bonchev–Trinajstić information content (AvgIpc) is 2.38. The second kappa shape index (κ2) is 5.14. The molecule has 0 N–H and O–H groups in total. The molecule has 0 radical (unpaired) electrons. The van der Waals surface area contributed by atoms with Crippen molar-refractivity contribution in [2.24, 2.45) is 0 Å².